The van der Waals surface area contributed by atoms with Gasteiger partial charge < -0.3 is 32.7 Å². The number of benzene rings is 2. The maximum atomic E-state index is 5.97. The lowest BCUT2D eigenvalue weighted by molar-refractivity contribution is 0.645. The van der Waals surface area contributed by atoms with Crippen LogP contribution in [0.5, 0.6) is 0 Å². The monoisotopic (exact) mass is 508 g/mol. The summed E-state index contributed by atoms with van der Waals surface area (Å²) in [5.74, 6) is 0.585. The zero-order valence-electron chi connectivity index (χ0n) is 19.0. The van der Waals surface area contributed by atoms with Crippen LogP contribution >= 0.6 is 23.2 Å². The molecule has 0 saturated heterocycles. The van der Waals surface area contributed by atoms with Gasteiger partial charge in [0, 0.05) is 34.5 Å². The van der Waals surface area contributed by atoms with Gasteiger partial charge in [0.1, 0.15) is 0 Å². The van der Waals surface area contributed by atoms with E-state index in [4.69, 9.17) is 46.1 Å². The fourth-order valence-corrected chi connectivity index (χ4v) is 3.16. The van der Waals surface area contributed by atoms with Crippen molar-refractivity contribution in [2.75, 3.05) is 23.7 Å². The van der Waals surface area contributed by atoms with Crippen molar-refractivity contribution in [3.63, 3.8) is 0 Å². The van der Waals surface area contributed by atoms with Crippen LogP contribution in [-0.2, 0) is 0 Å². The number of guanidine groups is 2. The second-order valence-electron chi connectivity index (χ2n) is 7.49. The predicted octanol–water partition coefficient (Wildman–Crippen LogP) is 2.37. The molecule has 0 aliphatic carbocycles. The van der Waals surface area contributed by atoms with Gasteiger partial charge in [-0.2, -0.15) is 0 Å². The van der Waals surface area contributed by atoms with Crippen molar-refractivity contribution in [1.29, 1.82) is 0 Å². The number of hydrogen-bond donors (Lipinski definition) is 8. The van der Waals surface area contributed by atoms with E-state index in [1.807, 2.05) is 24.3 Å². The molecule has 186 valence electrons. The minimum Gasteiger partial charge on any atom is -0.370 e. The predicted molar refractivity (Wildman–Crippen MR) is 144 cm³/mol. The summed E-state index contributed by atoms with van der Waals surface area (Å²) in [6.07, 6.45) is 2.72. The van der Waals surface area contributed by atoms with Crippen molar-refractivity contribution in [3.8, 4) is 0 Å². The maximum Gasteiger partial charge on any atom is 0.191 e. The summed E-state index contributed by atoms with van der Waals surface area (Å²) in [6.45, 7) is 1.23. The average molecular weight is 509 g/mol. The van der Waals surface area contributed by atoms with E-state index in [2.05, 4.69) is 31.3 Å². The number of anilines is 2. The first kappa shape index (κ1) is 27.3. The summed E-state index contributed by atoms with van der Waals surface area (Å²) in [7, 11) is 0. The SMILES string of the molecule is NC(=NCCCCCCN=C(N)NC(N)Nc1ccc(Cl)cc1)NC(N)Nc1ccc(Cl)cc1. The van der Waals surface area contributed by atoms with E-state index in [1.54, 1.807) is 24.3 Å². The minimum absolute atomic E-state index is 0.293. The summed E-state index contributed by atoms with van der Waals surface area (Å²) in [5, 5.41) is 13.2. The highest BCUT2D eigenvalue weighted by Gasteiger charge is 2.04. The zero-order chi connectivity index (χ0) is 24.8. The van der Waals surface area contributed by atoms with Gasteiger partial charge in [-0.25, -0.2) is 0 Å². The Bertz CT molecular complexity index is 827. The lowest BCUT2D eigenvalue weighted by Crippen LogP contribution is -2.50. The van der Waals surface area contributed by atoms with E-state index < -0.39 is 12.6 Å². The normalized spacial score (nSPS) is 13.8. The number of nitrogens with zero attached hydrogens (tertiary/aromatic N) is 2. The van der Waals surface area contributed by atoms with Gasteiger partial charge >= 0.3 is 0 Å². The molecule has 0 heterocycles. The molecule has 10 nitrogen and oxygen atoms in total. The number of nitrogens with one attached hydrogen (secondary N) is 4. The Kier molecular flexibility index (Phi) is 12.1. The Morgan fingerprint density at radius 2 is 1.00 bits per heavy atom. The van der Waals surface area contributed by atoms with Gasteiger partial charge in [-0.1, -0.05) is 36.0 Å². The summed E-state index contributed by atoms with van der Waals surface area (Å²) < 4.78 is 0. The second-order valence-corrected chi connectivity index (χ2v) is 8.37. The van der Waals surface area contributed by atoms with Crippen LogP contribution in [0.15, 0.2) is 58.5 Å². The molecule has 0 bridgehead atoms. The molecule has 0 fully saturated rings. The van der Waals surface area contributed by atoms with Crippen molar-refractivity contribution in [2.24, 2.45) is 32.9 Å². The van der Waals surface area contributed by atoms with Gasteiger partial charge in [0.25, 0.3) is 0 Å². The first-order valence-electron chi connectivity index (χ1n) is 11.0. The summed E-state index contributed by atoms with van der Waals surface area (Å²) in [4.78, 5) is 8.59. The quantitative estimate of drug-likeness (QED) is 0.0878. The highest BCUT2D eigenvalue weighted by molar-refractivity contribution is 6.30. The number of aliphatic imine (C=N–C) groups is 2. The number of halogens is 2. The Balaban J connectivity index is 1.52. The highest BCUT2D eigenvalue weighted by Crippen LogP contribution is 2.14. The van der Waals surface area contributed by atoms with Gasteiger partial charge in [0.15, 0.2) is 24.5 Å². The molecule has 0 spiro atoms. The first-order chi connectivity index (χ1) is 16.3. The molecule has 0 aromatic heterocycles. The number of unbranched alkanes of at least 4 members (excludes halogenated alkanes) is 3. The highest BCUT2D eigenvalue weighted by atomic mass is 35.5. The third kappa shape index (κ3) is 11.8. The Labute approximate surface area is 210 Å². The lowest BCUT2D eigenvalue weighted by atomic mass is 10.2. The molecule has 34 heavy (non-hydrogen) atoms. The molecule has 12 heteroatoms. The topological polar surface area (TPSA) is 177 Å². The molecule has 0 radical (unpaired) electrons. The van der Waals surface area contributed by atoms with E-state index in [0.717, 1.165) is 37.1 Å². The third-order valence-electron chi connectivity index (χ3n) is 4.57. The fourth-order valence-electron chi connectivity index (χ4n) is 2.91. The van der Waals surface area contributed by atoms with Gasteiger partial charge in [0.05, 0.1) is 0 Å². The molecular formula is C22H34Cl2N10. The molecule has 0 amide bonds. The summed E-state index contributed by atoms with van der Waals surface area (Å²) >= 11 is 11.7. The van der Waals surface area contributed by atoms with E-state index in [0.29, 0.717) is 35.1 Å². The van der Waals surface area contributed by atoms with Crippen LogP contribution in [0.25, 0.3) is 0 Å². The van der Waals surface area contributed by atoms with E-state index in [-0.39, 0.29) is 0 Å². The maximum absolute atomic E-state index is 5.97. The Morgan fingerprint density at radius 3 is 1.35 bits per heavy atom. The van der Waals surface area contributed by atoms with Crippen molar-refractivity contribution in [2.45, 2.75) is 38.3 Å². The van der Waals surface area contributed by atoms with Crippen LogP contribution < -0.4 is 44.2 Å². The smallest absolute Gasteiger partial charge is 0.191 e. The van der Waals surface area contributed by atoms with Crippen molar-refractivity contribution < 1.29 is 0 Å². The summed E-state index contributed by atoms with van der Waals surface area (Å²) in [6, 6.07) is 14.4. The molecule has 0 saturated carbocycles. The first-order valence-corrected chi connectivity index (χ1v) is 11.8. The Hall–Kier alpha value is -2.92. The van der Waals surface area contributed by atoms with Crippen LogP contribution in [0, 0.1) is 0 Å². The molecule has 2 aromatic carbocycles. The van der Waals surface area contributed by atoms with Crippen LogP contribution in [0.3, 0.4) is 0 Å². The van der Waals surface area contributed by atoms with Gasteiger partial charge in [-0.15, -0.1) is 0 Å². The van der Waals surface area contributed by atoms with Crippen LogP contribution in [0.1, 0.15) is 25.7 Å². The minimum atomic E-state index is -0.559. The van der Waals surface area contributed by atoms with Crippen LogP contribution in [0.4, 0.5) is 11.4 Å². The van der Waals surface area contributed by atoms with Gasteiger partial charge in [0.2, 0.25) is 0 Å². The standard InChI is InChI=1S/C22H34Cl2N10/c23-15-5-9-17(10-6-15)31-21(27)33-19(25)29-13-3-1-2-4-14-30-20(26)34-22(28)32-18-11-7-16(24)8-12-18/h5-12,21-22,31-32H,1-4,13-14,27-28H2,(H3,25,29,33)(H3,26,30,34). The number of hydrogen-bond acceptors (Lipinski definition) is 6. The average Bonchev–Trinajstić information content (AvgIpc) is 2.78. The van der Waals surface area contributed by atoms with Crippen molar-refractivity contribution >= 4 is 46.5 Å². The fraction of sp³-hybridized carbons (Fsp3) is 0.364. The molecule has 0 aliphatic rings. The molecular weight excluding hydrogens is 475 g/mol. The van der Waals surface area contributed by atoms with Crippen LogP contribution in [-0.4, -0.2) is 37.6 Å². The van der Waals surface area contributed by atoms with Crippen LogP contribution in [0.2, 0.25) is 10.0 Å². The van der Waals surface area contributed by atoms with Crippen molar-refractivity contribution in [3.05, 3.63) is 58.6 Å². The van der Waals surface area contributed by atoms with E-state index >= 15 is 0 Å². The zero-order valence-corrected chi connectivity index (χ0v) is 20.5. The van der Waals surface area contributed by atoms with Gasteiger partial charge in [-0.3, -0.25) is 21.5 Å². The molecule has 0 aliphatic heterocycles. The second kappa shape index (κ2) is 15.1. The third-order valence-corrected chi connectivity index (χ3v) is 5.07. The lowest BCUT2D eigenvalue weighted by Gasteiger charge is -2.17. The molecule has 2 atom stereocenters. The van der Waals surface area contributed by atoms with E-state index in [9.17, 15) is 0 Å². The molecule has 12 N–H and O–H groups in total. The largest absolute Gasteiger partial charge is 0.370 e. The Morgan fingerprint density at radius 1 is 0.647 bits per heavy atom. The molecule has 2 unspecified atom stereocenters. The molecule has 2 rings (SSSR count). The molecule has 2 aromatic rings. The number of rotatable bonds is 13. The summed E-state index contributed by atoms with van der Waals surface area (Å²) in [5.41, 5.74) is 25.4. The number of nitrogens with two attached hydrogens (primary N) is 4. The van der Waals surface area contributed by atoms with Gasteiger partial charge in [-0.05, 0) is 61.4 Å². The van der Waals surface area contributed by atoms with Crippen molar-refractivity contribution in [1.82, 2.24) is 10.6 Å². The van der Waals surface area contributed by atoms with E-state index in [1.165, 1.54) is 0 Å².